The maximum atomic E-state index is 11.6. The van der Waals surface area contributed by atoms with E-state index in [1.165, 1.54) is 0 Å². The molecule has 2 rings (SSSR count). The van der Waals surface area contributed by atoms with Crippen LogP contribution in [0.1, 0.15) is 0 Å². The summed E-state index contributed by atoms with van der Waals surface area (Å²) in [4.78, 5) is 11.6. The van der Waals surface area contributed by atoms with Crippen molar-refractivity contribution in [3.8, 4) is 17.2 Å². The number of urea groups is 1. The third-order valence-corrected chi connectivity index (χ3v) is 3.44. The molecule has 2 amide bonds. The predicted octanol–water partition coefficient (Wildman–Crippen LogP) is 3.11. The SMILES string of the molecule is COc1ccc(OCCNC(=O)NCCOc2ccc(Cl)cc2)cc1. The van der Waals surface area contributed by atoms with Crippen molar-refractivity contribution in [1.82, 2.24) is 10.6 Å². The van der Waals surface area contributed by atoms with Crippen LogP contribution in [-0.4, -0.2) is 39.4 Å². The molecule has 0 saturated heterocycles. The third kappa shape index (κ3) is 7.22. The van der Waals surface area contributed by atoms with E-state index in [9.17, 15) is 4.79 Å². The van der Waals surface area contributed by atoms with Gasteiger partial charge in [-0.15, -0.1) is 0 Å². The Balaban J connectivity index is 1.52. The Morgan fingerprint density at radius 3 is 1.76 bits per heavy atom. The van der Waals surface area contributed by atoms with Gasteiger partial charge in [-0.05, 0) is 48.5 Å². The Labute approximate surface area is 152 Å². The van der Waals surface area contributed by atoms with Crippen molar-refractivity contribution in [1.29, 1.82) is 0 Å². The number of hydrogen-bond donors (Lipinski definition) is 2. The summed E-state index contributed by atoms with van der Waals surface area (Å²) in [5.41, 5.74) is 0. The lowest BCUT2D eigenvalue weighted by Gasteiger charge is -2.10. The molecule has 0 bridgehead atoms. The molecule has 0 aliphatic rings. The quantitative estimate of drug-likeness (QED) is 0.671. The minimum Gasteiger partial charge on any atom is -0.497 e. The van der Waals surface area contributed by atoms with Gasteiger partial charge in [0.15, 0.2) is 0 Å². The van der Waals surface area contributed by atoms with E-state index in [2.05, 4.69) is 10.6 Å². The van der Waals surface area contributed by atoms with E-state index in [-0.39, 0.29) is 6.03 Å². The van der Waals surface area contributed by atoms with Crippen molar-refractivity contribution in [2.45, 2.75) is 0 Å². The molecule has 6 nitrogen and oxygen atoms in total. The van der Waals surface area contributed by atoms with Crippen LogP contribution < -0.4 is 24.8 Å². The lowest BCUT2D eigenvalue weighted by Crippen LogP contribution is -2.39. The topological polar surface area (TPSA) is 68.8 Å². The summed E-state index contributed by atoms with van der Waals surface area (Å²) in [7, 11) is 1.61. The molecule has 0 radical (unpaired) electrons. The van der Waals surface area contributed by atoms with Crippen LogP contribution in [0.15, 0.2) is 48.5 Å². The number of amides is 2. The third-order valence-electron chi connectivity index (χ3n) is 3.19. The fourth-order valence-corrected chi connectivity index (χ4v) is 2.06. The Kier molecular flexibility index (Phi) is 7.72. The highest BCUT2D eigenvalue weighted by Gasteiger charge is 2.00. The van der Waals surface area contributed by atoms with E-state index in [0.29, 0.717) is 37.1 Å². The van der Waals surface area contributed by atoms with E-state index in [4.69, 9.17) is 25.8 Å². The summed E-state index contributed by atoms with van der Waals surface area (Å²) in [6, 6.07) is 14.0. The molecule has 2 aromatic rings. The summed E-state index contributed by atoms with van der Waals surface area (Å²) in [5.74, 6) is 2.20. The molecule has 0 aromatic heterocycles. The van der Waals surface area contributed by atoms with Gasteiger partial charge >= 0.3 is 6.03 Å². The molecule has 2 aromatic carbocycles. The zero-order valence-electron chi connectivity index (χ0n) is 14.0. The number of benzene rings is 2. The van der Waals surface area contributed by atoms with Crippen LogP contribution in [-0.2, 0) is 0 Å². The fraction of sp³-hybridized carbons (Fsp3) is 0.278. The van der Waals surface area contributed by atoms with Crippen molar-refractivity contribution in [2.24, 2.45) is 0 Å². The molecule has 0 aliphatic heterocycles. The van der Waals surface area contributed by atoms with Crippen molar-refractivity contribution in [3.63, 3.8) is 0 Å². The first-order valence-corrected chi connectivity index (χ1v) is 8.22. The smallest absolute Gasteiger partial charge is 0.315 e. The molecule has 134 valence electrons. The molecular formula is C18H21ClN2O4. The lowest BCUT2D eigenvalue weighted by molar-refractivity contribution is 0.232. The number of ether oxygens (including phenoxy) is 3. The normalized spacial score (nSPS) is 10.0. The zero-order valence-corrected chi connectivity index (χ0v) is 14.7. The summed E-state index contributed by atoms with van der Waals surface area (Å²) in [5, 5.41) is 6.07. The molecule has 0 spiro atoms. The van der Waals surface area contributed by atoms with Crippen LogP contribution in [0, 0.1) is 0 Å². The monoisotopic (exact) mass is 364 g/mol. The number of methoxy groups -OCH3 is 1. The lowest BCUT2D eigenvalue weighted by atomic mass is 10.3. The van der Waals surface area contributed by atoms with E-state index in [1.807, 2.05) is 24.3 Å². The Bertz CT molecular complexity index is 647. The summed E-state index contributed by atoms with van der Waals surface area (Å²) >= 11 is 5.79. The summed E-state index contributed by atoms with van der Waals surface area (Å²) in [6.45, 7) is 1.54. The molecule has 0 heterocycles. The highest BCUT2D eigenvalue weighted by molar-refractivity contribution is 6.30. The van der Waals surface area contributed by atoms with Crippen molar-refractivity contribution >= 4 is 17.6 Å². The van der Waals surface area contributed by atoms with Gasteiger partial charge in [-0.3, -0.25) is 0 Å². The van der Waals surface area contributed by atoms with Gasteiger partial charge in [-0.1, -0.05) is 11.6 Å². The Hall–Kier alpha value is -2.60. The highest BCUT2D eigenvalue weighted by atomic mass is 35.5. The Morgan fingerprint density at radius 2 is 1.28 bits per heavy atom. The van der Waals surface area contributed by atoms with E-state index < -0.39 is 0 Å². The maximum absolute atomic E-state index is 11.6. The van der Waals surface area contributed by atoms with E-state index in [0.717, 1.165) is 11.5 Å². The fourth-order valence-electron chi connectivity index (χ4n) is 1.93. The zero-order chi connectivity index (χ0) is 17.9. The second-order valence-electron chi connectivity index (χ2n) is 5.01. The van der Waals surface area contributed by atoms with Crippen molar-refractivity contribution in [2.75, 3.05) is 33.4 Å². The number of hydrogen-bond acceptors (Lipinski definition) is 4. The number of rotatable bonds is 9. The average Bonchev–Trinajstić information content (AvgIpc) is 2.64. The van der Waals surface area contributed by atoms with Gasteiger partial charge in [0.25, 0.3) is 0 Å². The first-order valence-electron chi connectivity index (χ1n) is 7.84. The van der Waals surface area contributed by atoms with Crippen LogP contribution in [0.5, 0.6) is 17.2 Å². The second kappa shape index (κ2) is 10.3. The van der Waals surface area contributed by atoms with Crippen LogP contribution in [0.2, 0.25) is 5.02 Å². The molecule has 0 fully saturated rings. The van der Waals surface area contributed by atoms with Gasteiger partial charge in [0, 0.05) is 5.02 Å². The summed E-state index contributed by atoms with van der Waals surface area (Å²) in [6.07, 6.45) is 0. The number of carbonyl (C=O) groups is 1. The number of nitrogens with one attached hydrogen (secondary N) is 2. The minimum absolute atomic E-state index is 0.266. The van der Waals surface area contributed by atoms with Gasteiger partial charge in [0.05, 0.1) is 20.2 Å². The van der Waals surface area contributed by atoms with Gasteiger partial charge in [0.2, 0.25) is 0 Å². The molecule has 0 aliphatic carbocycles. The van der Waals surface area contributed by atoms with Gasteiger partial charge in [-0.25, -0.2) is 4.79 Å². The highest BCUT2D eigenvalue weighted by Crippen LogP contribution is 2.16. The van der Waals surface area contributed by atoms with Crippen LogP contribution >= 0.6 is 11.6 Å². The largest absolute Gasteiger partial charge is 0.497 e. The van der Waals surface area contributed by atoms with Gasteiger partial charge in [-0.2, -0.15) is 0 Å². The van der Waals surface area contributed by atoms with Crippen molar-refractivity contribution < 1.29 is 19.0 Å². The molecule has 0 unspecified atom stereocenters. The standard InChI is InChI=1S/C18H21ClN2O4/c1-23-15-6-8-17(9-7-15)25-13-11-21-18(22)20-10-12-24-16-4-2-14(19)3-5-16/h2-9H,10-13H2,1H3,(H2,20,21,22). The maximum Gasteiger partial charge on any atom is 0.315 e. The molecule has 0 saturated carbocycles. The van der Waals surface area contributed by atoms with Gasteiger partial charge < -0.3 is 24.8 Å². The molecular weight excluding hydrogens is 344 g/mol. The molecule has 25 heavy (non-hydrogen) atoms. The number of carbonyl (C=O) groups excluding carboxylic acids is 1. The molecule has 0 atom stereocenters. The minimum atomic E-state index is -0.266. The number of halogens is 1. The van der Waals surface area contributed by atoms with Crippen molar-refractivity contribution in [3.05, 3.63) is 53.6 Å². The molecule has 2 N–H and O–H groups in total. The first-order chi connectivity index (χ1) is 12.2. The average molecular weight is 365 g/mol. The van der Waals surface area contributed by atoms with Crippen LogP contribution in [0.3, 0.4) is 0 Å². The van der Waals surface area contributed by atoms with Crippen LogP contribution in [0.25, 0.3) is 0 Å². The van der Waals surface area contributed by atoms with E-state index >= 15 is 0 Å². The van der Waals surface area contributed by atoms with Crippen LogP contribution in [0.4, 0.5) is 4.79 Å². The molecule has 7 heteroatoms. The van der Waals surface area contributed by atoms with Gasteiger partial charge in [0.1, 0.15) is 30.5 Å². The first kappa shape index (κ1) is 18.7. The van der Waals surface area contributed by atoms with E-state index in [1.54, 1.807) is 31.4 Å². The predicted molar refractivity (Wildman–Crippen MR) is 96.8 cm³/mol. The summed E-state index contributed by atoms with van der Waals surface area (Å²) < 4.78 is 16.1. The Morgan fingerprint density at radius 1 is 0.840 bits per heavy atom. The second-order valence-corrected chi connectivity index (χ2v) is 5.45.